The number of thioether (sulfide) groups is 1. The summed E-state index contributed by atoms with van der Waals surface area (Å²) in [7, 11) is 0. The normalized spacial score (nSPS) is 28.1. The third-order valence-electron chi connectivity index (χ3n) is 3.37. The number of ketones is 1. The van der Waals surface area contributed by atoms with Crippen LogP contribution >= 0.6 is 11.8 Å². The molecule has 1 saturated heterocycles. The fraction of sp³-hybridized carbons (Fsp3) is 0.846. The molecule has 3 nitrogen and oxygen atoms in total. The summed E-state index contributed by atoms with van der Waals surface area (Å²) in [6.07, 6.45) is 3.99. The monoisotopic (exact) mass is 257 g/mol. The SMILES string of the molecule is CC(=O)CCCC[C@@H]1SC[C@H](NC(C)=O)C1C. The second-order valence-corrected chi connectivity index (χ2v) is 6.26. The maximum atomic E-state index is 11.0. The van der Waals surface area contributed by atoms with Crippen molar-refractivity contribution in [3.63, 3.8) is 0 Å². The van der Waals surface area contributed by atoms with Crippen LogP contribution in [0.3, 0.4) is 0 Å². The topological polar surface area (TPSA) is 46.2 Å². The quantitative estimate of drug-likeness (QED) is 0.743. The molecule has 0 aromatic carbocycles. The first-order valence-electron chi connectivity index (χ1n) is 6.39. The zero-order valence-electron chi connectivity index (χ0n) is 11.0. The lowest BCUT2D eigenvalue weighted by atomic mass is 9.96. The summed E-state index contributed by atoms with van der Waals surface area (Å²) in [6, 6.07) is 0.329. The van der Waals surface area contributed by atoms with Crippen LogP contribution in [-0.4, -0.2) is 28.7 Å². The highest BCUT2D eigenvalue weighted by atomic mass is 32.2. The van der Waals surface area contributed by atoms with E-state index < -0.39 is 0 Å². The van der Waals surface area contributed by atoms with Gasteiger partial charge in [-0.05, 0) is 25.7 Å². The van der Waals surface area contributed by atoms with Crippen LogP contribution in [0.1, 0.15) is 46.5 Å². The van der Waals surface area contributed by atoms with Gasteiger partial charge in [0.15, 0.2) is 0 Å². The van der Waals surface area contributed by atoms with Crippen molar-refractivity contribution >= 4 is 23.5 Å². The van der Waals surface area contributed by atoms with Gasteiger partial charge in [0.25, 0.3) is 0 Å². The Labute approximate surface area is 108 Å². The van der Waals surface area contributed by atoms with E-state index in [4.69, 9.17) is 0 Å². The second kappa shape index (κ2) is 7.04. The molecule has 1 unspecified atom stereocenters. The molecule has 1 amide bonds. The molecule has 0 aromatic heterocycles. The van der Waals surface area contributed by atoms with Crippen molar-refractivity contribution in [2.75, 3.05) is 5.75 Å². The first kappa shape index (κ1) is 14.6. The second-order valence-electron chi connectivity index (χ2n) is 4.99. The van der Waals surface area contributed by atoms with Crippen LogP contribution in [0, 0.1) is 5.92 Å². The first-order valence-corrected chi connectivity index (χ1v) is 7.43. The summed E-state index contributed by atoms with van der Waals surface area (Å²) >= 11 is 1.96. The van der Waals surface area contributed by atoms with Gasteiger partial charge in [0.2, 0.25) is 5.91 Å². The highest BCUT2D eigenvalue weighted by Gasteiger charge is 2.33. The van der Waals surface area contributed by atoms with Gasteiger partial charge < -0.3 is 10.1 Å². The predicted octanol–water partition coefficient (Wildman–Crippen LogP) is 2.39. The van der Waals surface area contributed by atoms with Crippen molar-refractivity contribution in [1.82, 2.24) is 5.32 Å². The summed E-state index contributed by atoms with van der Waals surface area (Å²) in [5.41, 5.74) is 0. The number of unbranched alkanes of at least 4 members (excludes halogenated alkanes) is 1. The number of rotatable bonds is 6. The van der Waals surface area contributed by atoms with Gasteiger partial charge in [0.1, 0.15) is 5.78 Å². The molecule has 1 fully saturated rings. The molecule has 0 aromatic rings. The minimum atomic E-state index is 0.0691. The molecule has 0 saturated carbocycles. The summed E-state index contributed by atoms with van der Waals surface area (Å²) < 4.78 is 0. The Balaban J connectivity index is 2.22. The Morgan fingerprint density at radius 2 is 2.00 bits per heavy atom. The lowest BCUT2D eigenvalue weighted by molar-refractivity contribution is -0.120. The van der Waals surface area contributed by atoms with Crippen molar-refractivity contribution in [1.29, 1.82) is 0 Å². The Morgan fingerprint density at radius 3 is 2.59 bits per heavy atom. The van der Waals surface area contributed by atoms with Gasteiger partial charge in [-0.2, -0.15) is 11.8 Å². The molecule has 1 rings (SSSR count). The van der Waals surface area contributed by atoms with E-state index in [0.717, 1.165) is 25.0 Å². The van der Waals surface area contributed by atoms with Crippen LogP contribution in [0.5, 0.6) is 0 Å². The Bertz CT molecular complexity index is 281. The molecule has 1 heterocycles. The van der Waals surface area contributed by atoms with E-state index in [-0.39, 0.29) is 11.7 Å². The number of hydrogen-bond donors (Lipinski definition) is 1. The lowest BCUT2D eigenvalue weighted by Gasteiger charge is -2.20. The number of carbonyl (C=O) groups excluding carboxylic acids is 2. The van der Waals surface area contributed by atoms with Crippen molar-refractivity contribution < 1.29 is 9.59 Å². The lowest BCUT2D eigenvalue weighted by Crippen LogP contribution is -2.38. The smallest absolute Gasteiger partial charge is 0.217 e. The summed E-state index contributed by atoms with van der Waals surface area (Å²) in [6.45, 7) is 5.45. The number of nitrogens with one attached hydrogen (secondary N) is 1. The summed E-state index contributed by atoms with van der Waals surface area (Å²) in [5.74, 6) is 1.92. The minimum absolute atomic E-state index is 0.0691. The molecule has 3 atom stereocenters. The maximum Gasteiger partial charge on any atom is 0.217 e. The van der Waals surface area contributed by atoms with Crippen molar-refractivity contribution in [3.05, 3.63) is 0 Å². The first-order chi connectivity index (χ1) is 8.00. The molecular weight excluding hydrogens is 234 g/mol. The van der Waals surface area contributed by atoms with E-state index in [1.54, 1.807) is 13.8 Å². The Kier molecular flexibility index (Phi) is 6.03. The number of carbonyl (C=O) groups is 2. The van der Waals surface area contributed by atoms with E-state index in [2.05, 4.69) is 12.2 Å². The fourth-order valence-corrected chi connectivity index (χ4v) is 3.96. The minimum Gasteiger partial charge on any atom is -0.352 e. The number of Topliss-reactive ketones (excluding diaryl/α,β-unsaturated/α-hetero) is 1. The molecule has 1 aliphatic heterocycles. The Morgan fingerprint density at radius 1 is 1.29 bits per heavy atom. The van der Waals surface area contributed by atoms with Crippen LogP contribution in [0.25, 0.3) is 0 Å². The fourth-order valence-electron chi connectivity index (χ4n) is 2.29. The standard InChI is InChI=1S/C13H23NO2S/c1-9(15)6-4-5-7-13-10(2)12(8-17-13)14-11(3)16/h10,12-13H,4-8H2,1-3H3,(H,14,16)/t10?,12-,13-/m0/s1. The van der Waals surface area contributed by atoms with Gasteiger partial charge in [-0.25, -0.2) is 0 Å². The average Bonchev–Trinajstić information content (AvgIpc) is 2.55. The largest absolute Gasteiger partial charge is 0.352 e. The molecule has 4 heteroatoms. The van der Waals surface area contributed by atoms with Crippen LogP contribution < -0.4 is 5.32 Å². The molecule has 98 valence electrons. The van der Waals surface area contributed by atoms with E-state index in [1.165, 1.54) is 0 Å². The van der Waals surface area contributed by atoms with Gasteiger partial charge in [0.05, 0.1) is 0 Å². The van der Waals surface area contributed by atoms with Crippen molar-refractivity contribution in [3.8, 4) is 0 Å². The van der Waals surface area contributed by atoms with Crippen molar-refractivity contribution in [2.24, 2.45) is 5.92 Å². The van der Waals surface area contributed by atoms with E-state index in [0.29, 0.717) is 23.6 Å². The maximum absolute atomic E-state index is 11.0. The molecule has 17 heavy (non-hydrogen) atoms. The van der Waals surface area contributed by atoms with Crippen LogP contribution in [0.15, 0.2) is 0 Å². The van der Waals surface area contributed by atoms with Gasteiger partial charge >= 0.3 is 0 Å². The highest BCUT2D eigenvalue weighted by molar-refractivity contribution is 8.00. The van der Waals surface area contributed by atoms with Gasteiger partial charge in [0, 0.05) is 30.4 Å². The molecule has 1 N–H and O–H groups in total. The third-order valence-corrected chi connectivity index (χ3v) is 5.01. The molecule has 0 spiro atoms. The molecular formula is C13H23NO2S. The van der Waals surface area contributed by atoms with Crippen LogP contribution in [-0.2, 0) is 9.59 Å². The van der Waals surface area contributed by atoms with Gasteiger partial charge in [-0.1, -0.05) is 13.3 Å². The third kappa shape index (κ3) is 5.11. The summed E-state index contributed by atoms with van der Waals surface area (Å²) in [4.78, 5) is 21.9. The van der Waals surface area contributed by atoms with Gasteiger partial charge in [-0.3, -0.25) is 4.79 Å². The van der Waals surface area contributed by atoms with E-state index in [9.17, 15) is 9.59 Å². The van der Waals surface area contributed by atoms with Gasteiger partial charge in [-0.15, -0.1) is 0 Å². The summed E-state index contributed by atoms with van der Waals surface area (Å²) in [5, 5.41) is 3.65. The Hall–Kier alpha value is -0.510. The zero-order valence-corrected chi connectivity index (χ0v) is 11.8. The van der Waals surface area contributed by atoms with Crippen LogP contribution in [0.2, 0.25) is 0 Å². The molecule has 0 bridgehead atoms. The zero-order chi connectivity index (χ0) is 12.8. The van der Waals surface area contributed by atoms with Crippen molar-refractivity contribution in [2.45, 2.75) is 57.7 Å². The number of amides is 1. The molecule has 0 radical (unpaired) electrons. The average molecular weight is 257 g/mol. The molecule has 0 aliphatic carbocycles. The highest BCUT2D eigenvalue weighted by Crippen LogP contribution is 2.35. The molecule has 1 aliphatic rings. The predicted molar refractivity (Wildman–Crippen MR) is 72.2 cm³/mol. The number of hydrogen-bond acceptors (Lipinski definition) is 3. The van der Waals surface area contributed by atoms with Crippen LogP contribution in [0.4, 0.5) is 0 Å². The van der Waals surface area contributed by atoms with E-state index >= 15 is 0 Å². The van der Waals surface area contributed by atoms with E-state index in [1.807, 2.05) is 11.8 Å².